The SMILES string of the molecule is COc1ccc(CN2CCCCC2)cc1. The molecule has 1 aromatic rings. The molecule has 0 unspecified atom stereocenters. The molecular weight excluding hydrogens is 186 g/mol. The molecule has 0 radical (unpaired) electrons. The van der Waals surface area contributed by atoms with Crippen LogP contribution >= 0.6 is 0 Å². The fraction of sp³-hybridized carbons (Fsp3) is 0.538. The molecule has 1 aliphatic heterocycles. The van der Waals surface area contributed by atoms with E-state index in [0.29, 0.717) is 0 Å². The van der Waals surface area contributed by atoms with Gasteiger partial charge >= 0.3 is 0 Å². The lowest BCUT2D eigenvalue weighted by Gasteiger charge is -2.26. The van der Waals surface area contributed by atoms with Gasteiger partial charge in [-0.3, -0.25) is 4.90 Å². The van der Waals surface area contributed by atoms with Crippen LogP contribution in [-0.4, -0.2) is 25.1 Å². The van der Waals surface area contributed by atoms with Crippen molar-refractivity contribution in [2.45, 2.75) is 25.8 Å². The average molecular weight is 205 g/mol. The van der Waals surface area contributed by atoms with Crippen LogP contribution in [0.25, 0.3) is 0 Å². The van der Waals surface area contributed by atoms with Crippen LogP contribution in [0.15, 0.2) is 24.3 Å². The standard InChI is InChI=1S/C13H19NO/c1-15-13-7-5-12(6-8-13)11-14-9-3-2-4-10-14/h5-8H,2-4,9-11H2,1H3. The van der Waals surface area contributed by atoms with Crippen molar-refractivity contribution in [3.63, 3.8) is 0 Å². The molecule has 0 bridgehead atoms. The average Bonchev–Trinajstić information content (AvgIpc) is 2.31. The molecule has 0 amide bonds. The Labute approximate surface area is 91.9 Å². The summed E-state index contributed by atoms with van der Waals surface area (Å²) in [6.07, 6.45) is 4.12. The molecule has 0 atom stereocenters. The first-order chi connectivity index (χ1) is 7.38. The molecule has 2 nitrogen and oxygen atoms in total. The highest BCUT2D eigenvalue weighted by atomic mass is 16.5. The Morgan fingerprint density at radius 2 is 1.73 bits per heavy atom. The fourth-order valence-corrected chi connectivity index (χ4v) is 2.11. The van der Waals surface area contributed by atoms with Gasteiger partial charge in [0.1, 0.15) is 5.75 Å². The van der Waals surface area contributed by atoms with Crippen LogP contribution in [0.2, 0.25) is 0 Å². The summed E-state index contributed by atoms with van der Waals surface area (Å²) in [6, 6.07) is 8.40. The van der Waals surface area contributed by atoms with E-state index in [0.717, 1.165) is 12.3 Å². The maximum atomic E-state index is 5.15. The lowest BCUT2D eigenvalue weighted by molar-refractivity contribution is 0.221. The van der Waals surface area contributed by atoms with Gasteiger partial charge < -0.3 is 4.74 Å². The zero-order chi connectivity index (χ0) is 10.5. The molecular formula is C13H19NO. The summed E-state index contributed by atoms with van der Waals surface area (Å²) in [5.41, 5.74) is 1.39. The normalized spacial score (nSPS) is 17.7. The molecule has 0 saturated carbocycles. The van der Waals surface area contributed by atoms with Gasteiger partial charge in [0.2, 0.25) is 0 Å². The Hall–Kier alpha value is -1.02. The summed E-state index contributed by atoms with van der Waals surface area (Å²) >= 11 is 0. The molecule has 1 aliphatic rings. The van der Waals surface area contributed by atoms with Crippen molar-refractivity contribution in [3.8, 4) is 5.75 Å². The van der Waals surface area contributed by atoms with Crippen molar-refractivity contribution in [3.05, 3.63) is 29.8 Å². The number of benzene rings is 1. The van der Waals surface area contributed by atoms with E-state index in [4.69, 9.17) is 4.74 Å². The number of ether oxygens (including phenoxy) is 1. The minimum absolute atomic E-state index is 0.942. The summed E-state index contributed by atoms with van der Waals surface area (Å²) < 4.78 is 5.15. The van der Waals surface area contributed by atoms with E-state index in [1.54, 1.807) is 7.11 Å². The third-order valence-corrected chi connectivity index (χ3v) is 3.01. The maximum absolute atomic E-state index is 5.15. The molecule has 0 N–H and O–H groups in total. The maximum Gasteiger partial charge on any atom is 0.118 e. The van der Waals surface area contributed by atoms with Crippen molar-refractivity contribution >= 4 is 0 Å². The van der Waals surface area contributed by atoms with Gasteiger partial charge in [-0.05, 0) is 43.6 Å². The predicted molar refractivity (Wildman–Crippen MR) is 62.1 cm³/mol. The van der Waals surface area contributed by atoms with E-state index in [-0.39, 0.29) is 0 Å². The number of hydrogen-bond acceptors (Lipinski definition) is 2. The molecule has 2 heteroatoms. The van der Waals surface area contributed by atoms with Crippen LogP contribution in [0.5, 0.6) is 5.75 Å². The number of nitrogens with zero attached hydrogens (tertiary/aromatic N) is 1. The van der Waals surface area contributed by atoms with Gasteiger partial charge in [-0.15, -0.1) is 0 Å². The molecule has 1 aromatic carbocycles. The van der Waals surface area contributed by atoms with Gasteiger partial charge in [-0.1, -0.05) is 18.6 Å². The van der Waals surface area contributed by atoms with Crippen LogP contribution in [-0.2, 0) is 6.54 Å². The van der Waals surface area contributed by atoms with Crippen molar-refractivity contribution in [2.24, 2.45) is 0 Å². The molecule has 0 aliphatic carbocycles. The van der Waals surface area contributed by atoms with Gasteiger partial charge in [0.15, 0.2) is 0 Å². The van der Waals surface area contributed by atoms with Gasteiger partial charge in [0.25, 0.3) is 0 Å². The highest BCUT2D eigenvalue weighted by Crippen LogP contribution is 2.15. The highest BCUT2D eigenvalue weighted by molar-refractivity contribution is 5.27. The van der Waals surface area contributed by atoms with E-state index < -0.39 is 0 Å². The van der Waals surface area contributed by atoms with Crippen LogP contribution in [0.1, 0.15) is 24.8 Å². The minimum Gasteiger partial charge on any atom is -0.497 e. The van der Waals surface area contributed by atoms with Crippen LogP contribution in [0.4, 0.5) is 0 Å². The smallest absolute Gasteiger partial charge is 0.118 e. The number of hydrogen-bond donors (Lipinski definition) is 0. The summed E-state index contributed by atoms with van der Waals surface area (Å²) in [6.45, 7) is 3.60. The quantitative estimate of drug-likeness (QED) is 0.752. The van der Waals surface area contributed by atoms with Gasteiger partial charge in [-0.25, -0.2) is 0 Å². The molecule has 0 spiro atoms. The molecule has 0 aromatic heterocycles. The van der Waals surface area contributed by atoms with E-state index in [1.807, 2.05) is 12.1 Å². The molecule has 1 fully saturated rings. The molecule has 1 saturated heterocycles. The Morgan fingerprint density at radius 1 is 1.07 bits per heavy atom. The lowest BCUT2D eigenvalue weighted by Crippen LogP contribution is -2.28. The Morgan fingerprint density at radius 3 is 2.33 bits per heavy atom. The fourth-order valence-electron chi connectivity index (χ4n) is 2.11. The largest absolute Gasteiger partial charge is 0.497 e. The van der Waals surface area contributed by atoms with E-state index in [1.165, 1.54) is 37.9 Å². The number of rotatable bonds is 3. The summed E-state index contributed by atoms with van der Waals surface area (Å²) in [5, 5.41) is 0. The van der Waals surface area contributed by atoms with Gasteiger partial charge in [0, 0.05) is 6.54 Å². The summed E-state index contributed by atoms with van der Waals surface area (Å²) in [7, 11) is 1.71. The van der Waals surface area contributed by atoms with E-state index in [9.17, 15) is 0 Å². The zero-order valence-electron chi connectivity index (χ0n) is 9.41. The topological polar surface area (TPSA) is 12.5 Å². The summed E-state index contributed by atoms with van der Waals surface area (Å²) in [4.78, 5) is 2.53. The third kappa shape index (κ3) is 2.96. The minimum atomic E-state index is 0.942. The number of methoxy groups -OCH3 is 1. The predicted octanol–water partition coefficient (Wildman–Crippen LogP) is 2.68. The Kier molecular flexibility index (Phi) is 3.62. The zero-order valence-corrected chi connectivity index (χ0v) is 9.41. The molecule has 2 rings (SSSR count). The lowest BCUT2D eigenvalue weighted by atomic mass is 10.1. The van der Waals surface area contributed by atoms with Crippen LogP contribution in [0.3, 0.4) is 0 Å². The van der Waals surface area contributed by atoms with Crippen molar-refractivity contribution in [1.29, 1.82) is 0 Å². The number of likely N-dealkylation sites (tertiary alicyclic amines) is 1. The van der Waals surface area contributed by atoms with Crippen LogP contribution < -0.4 is 4.74 Å². The van der Waals surface area contributed by atoms with Crippen molar-refractivity contribution in [2.75, 3.05) is 20.2 Å². The number of piperidine rings is 1. The third-order valence-electron chi connectivity index (χ3n) is 3.01. The second kappa shape index (κ2) is 5.17. The Bertz CT molecular complexity index is 288. The first kappa shape index (κ1) is 10.5. The molecule has 82 valence electrons. The first-order valence-corrected chi connectivity index (χ1v) is 5.74. The van der Waals surface area contributed by atoms with Gasteiger partial charge in [0.05, 0.1) is 7.11 Å². The van der Waals surface area contributed by atoms with Crippen LogP contribution in [0, 0.1) is 0 Å². The monoisotopic (exact) mass is 205 g/mol. The van der Waals surface area contributed by atoms with Gasteiger partial charge in [-0.2, -0.15) is 0 Å². The first-order valence-electron chi connectivity index (χ1n) is 5.74. The Balaban J connectivity index is 1.91. The summed E-state index contributed by atoms with van der Waals surface area (Å²) in [5.74, 6) is 0.942. The molecule has 15 heavy (non-hydrogen) atoms. The van der Waals surface area contributed by atoms with E-state index in [2.05, 4.69) is 17.0 Å². The second-order valence-electron chi connectivity index (χ2n) is 4.18. The van der Waals surface area contributed by atoms with Crippen molar-refractivity contribution in [1.82, 2.24) is 4.90 Å². The van der Waals surface area contributed by atoms with Crippen molar-refractivity contribution < 1.29 is 4.74 Å². The second-order valence-corrected chi connectivity index (χ2v) is 4.18. The van der Waals surface area contributed by atoms with E-state index >= 15 is 0 Å². The molecule has 1 heterocycles. The highest BCUT2D eigenvalue weighted by Gasteiger charge is 2.09.